The lowest BCUT2D eigenvalue weighted by Crippen LogP contribution is -2.27. The molecule has 4 nitrogen and oxygen atoms in total. The van der Waals surface area contributed by atoms with Gasteiger partial charge < -0.3 is 4.90 Å². The van der Waals surface area contributed by atoms with Gasteiger partial charge in [0, 0.05) is 30.5 Å². The predicted molar refractivity (Wildman–Crippen MR) is 136 cm³/mol. The Morgan fingerprint density at radius 3 is 2.09 bits per heavy atom. The largest absolute Gasteiger partial charge is 0.372 e. The number of hydrogen-bond acceptors (Lipinski definition) is 4. The first kappa shape index (κ1) is 23.9. The molecular formula is C28H37N3O. The second kappa shape index (κ2) is 10.7. The maximum absolute atomic E-state index is 12.3. The van der Waals surface area contributed by atoms with Crippen LogP contribution < -0.4 is 4.90 Å². The molecule has 32 heavy (non-hydrogen) atoms. The zero-order valence-corrected chi connectivity index (χ0v) is 20.4. The van der Waals surface area contributed by atoms with Gasteiger partial charge in [0.2, 0.25) is 5.78 Å². The molecule has 1 aromatic carbocycles. The fourth-order valence-electron chi connectivity index (χ4n) is 3.68. The first-order valence-corrected chi connectivity index (χ1v) is 11.9. The van der Waals surface area contributed by atoms with Crippen molar-refractivity contribution >= 4 is 22.9 Å². The predicted octanol–water partition coefficient (Wildman–Crippen LogP) is 6.98. The molecule has 0 amide bonds. The number of ketones is 1. The number of benzene rings is 1. The van der Waals surface area contributed by atoms with Crippen molar-refractivity contribution in [2.24, 2.45) is 16.8 Å². The fourth-order valence-corrected chi connectivity index (χ4v) is 3.68. The summed E-state index contributed by atoms with van der Waals surface area (Å²) in [4.78, 5) is 24.1. The zero-order chi connectivity index (χ0) is 23.3. The van der Waals surface area contributed by atoms with Crippen molar-refractivity contribution in [3.8, 4) is 0 Å². The van der Waals surface area contributed by atoms with Crippen LogP contribution in [0.5, 0.6) is 0 Å². The topological polar surface area (TPSA) is 45.6 Å². The lowest BCUT2D eigenvalue weighted by atomic mass is 9.94. The fraction of sp³-hybridized carbons (Fsp3) is 0.464. The Kier molecular flexibility index (Phi) is 8.00. The summed E-state index contributed by atoms with van der Waals surface area (Å²) in [7, 11) is 0. The molecule has 2 aromatic rings. The van der Waals surface area contributed by atoms with Crippen LogP contribution in [-0.4, -0.2) is 29.6 Å². The summed E-state index contributed by atoms with van der Waals surface area (Å²) in [5.41, 5.74) is 5.34. The minimum Gasteiger partial charge on any atom is -0.372 e. The van der Waals surface area contributed by atoms with E-state index >= 15 is 0 Å². The number of allylic oxidation sites excluding steroid dienone is 2. The van der Waals surface area contributed by atoms with Crippen LogP contribution >= 0.6 is 0 Å². The van der Waals surface area contributed by atoms with E-state index < -0.39 is 0 Å². The van der Waals surface area contributed by atoms with Crippen molar-refractivity contribution in [3.63, 3.8) is 0 Å². The lowest BCUT2D eigenvalue weighted by molar-refractivity contribution is 0.104. The monoisotopic (exact) mass is 431 g/mol. The number of fused-ring (bicyclic) bond motifs is 1. The van der Waals surface area contributed by atoms with E-state index in [0.717, 1.165) is 35.6 Å². The number of carbonyl (C=O) groups excluding carboxylic acids is 1. The Morgan fingerprint density at radius 1 is 0.906 bits per heavy atom. The molecule has 0 fully saturated rings. The van der Waals surface area contributed by atoms with Crippen molar-refractivity contribution in [2.75, 3.05) is 18.0 Å². The van der Waals surface area contributed by atoms with E-state index in [1.165, 1.54) is 18.5 Å². The van der Waals surface area contributed by atoms with Gasteiger partial charge in [-0.25, -0.2) is 4.99 Å². The number of aliphatic imine (C=N–C) groups is 1. The van der Waals surface area contributed by atoms with Crippen molar-refractivity contribution in [3.05, 3.63) is 65.5 Å². The molecule has 0 unspecified atom stereocenters. The highest BCUT2D eigenvalue weighted by atomic mass is 16.1. The standard InChI is InChI=1S/C28H37N3O/c1-19(2)13-15-31(16-14-20(3)4)24-9-7-23(8-10-24)30-26-11-12-27(32)28-25(26)17-22(18-29-28)21(5)6/h7-12,17-21H,13-16H2,1-6H3. The maximum atomic E-state index is 12.3. The maximum Gasteiger partial charge on any atom is 0.204 e. The number of hydrogen-bond donors (Lipinski definition) is 0. The molecule has 0 N–H and O–H groups in total. The third kappa shape index (κ3) is 6.15. The van der Waals surface area contributed by atoms with Gasteiger partial charge in [0.05, 0.1) is 11.4 Å². The van der Waals surface area contributed by atoms with E-state index in [-0.39, 0.29) is 5.78 Å². The molecule has 0 spiro atoms. The molecule has 0 saturated heterocycles. The zero-order valence-electron chi connectivity index (χ0n) is 20.4. The lowest BCUT2D eigenvalue weighted by Gasteiger charge is -2.26. The van der Waals surface area contributed by atoms with Crippen LogP contribution in [0, 0.1) is 11.8 Å². The average Bonchev–Trinajstić information content (AvgIpc) is 2.76. The molecule has 0 saturated carbocycles. The number of carbonyl (C=O) groups is 1. The second-order valence-corrected chi connectivity index (χ2v) is 9.88. The van der Waals surface area contributed by atoms with Crippen LogP contribution in [-0.2, 0) is 0 Å². The number of pyridine rings is 1. The summed E-state index contributed by atoms with van der Waals surface area (Å²) < 4.78 is 0. The van der Waals surface area contributed by atoms with Crippen molar-refractivity contribution < 1.29 is 4.79 Å². The average molecular weight is 432 g/mol. The Morgan fingerprint density at radius 2 is 1.53 bits per heavy atom. The Balaban J connectivity index is 1.86. The summed E-state index contributed by atoms with van der Waals surface area (Å²) in [6.45, 7) is 15.5. The van der Waals surface area contributed by atoms with Gasteiger partial charge in [-0.1, -0.05) is 41.5 Å². The molecule has 0 bridgehead atoms. The van der Waals surface area contributed by atoms with E-state index in [9.17, 15) is 4.79 Å². The minimum atomic E-state index is -0.0597. The third-order valence-corrected chi connectivity index (χ3v) is 5.89. The van der Waals surface area contributed by atoms with Crippen molar-refractivity contribution in [1.29, 1.82) is 0 Å². The van der Waals surface area contributed by atoms with E-state index in [1.807, 2.05) is 6.08 Å². The summed E-state index contributed by atoms with van der Waals surface area (Å²) >= 11 is 0. The summed E-state index contributed by atoms with van der Waals surface area (Å²) in [5, 5.41) is 0. The first-order chi connectivity index (χ1) is 15.2. The van der Waals surface area contributed by atoms with Crippen LogP contribution in [0.3, 0.4) is 0 Å². The minimum absolute atomic E-state index is 0.0597. The molecule has 0 atom stereocenters. The second-order valence-electron chi connectivity index (χ2n) is 9.88. The molecule has 170 valence electrons. The number of aromatic nitrogens is 1. The van der Waals surface area contributed by atoms with Crippen LogP contribution in [0.25, 0.3) is 0 Å². The molecule has 0 radical (unpaired) electrons. The summed E-state index contributed by atoms with van der Waals surface area (Å²) in [6.07, 6.45) is 7.54. The smallest absolute Gasteiger partial charge is 0.204 e. The molecule has 0 aliphatic heterocycles. The Bertz CT molecular complexity index is 972. The van der Waals surface area contributed by atoms with Gasteiger partial charge in [-0.05, 0) is 78.6 Å². The molecule has 1 aliphatic carbocycles. The van der Waals surface area contributed by atoms with E-state index in [4.69, 9.17) is 4.99 Å². The van der Waals surface area contributed by atoms with Gasteiger partial charge in [-0.15, -0.1) is 0 Å². The van der Waals surface area contributed by atoms with Gasteiger partial charge in [0.15, 0.2) is 0 Å². The molecule has 1 aliphatic rings. The van der Waals surface area contributed by atoms with Crippen LogP contribution in [0.2, 0.25) is 0 Å². The third-order valence-electron chi connectivity index (χ3n) is 5.89. The Hall–Kier alpha value is -2.75. The Labute approximate surface area is 193 Å². The highest BCUT2D eigenvalue weighted by Crippen LogP contribution is 2.26. The van der Waals surface area contributed by atoms with Gasteiger partial charge in [0.25, 0.3) is 0 Å². The summed E-state index contributed by atoms with van der Waals surface area (Å²) in [6, 6.07) is 10.5. The normalized spacial score (nSPS) is 14.7. The van der Waals surface area contributed by atoms with E-state index in [2.05, 4.69) is 81.8 Å². The van der Waals surface area contributed by atoms with Crippen molar-refractivity contribution in [2.45, 2.75) is 60.3 Å². The van der Waals surface area contributed by atoms with Gasteiger partial charge in [0.1, 0.15) is 5.69 Å². The first-order valence-electron chi connectivity index (χ1n) is 11.9. The van der Waals surface area contributed by atoms with E-state index in [1.54, 1.807) is 12.3 Å². The highest BCUT2D eigenvalue weighted by molar-refractivity contribution is 6.23. The van der Waals surface area contributed by atoms with Gasteiger partial charge in [-0.2, -0.15) is 0 Å². The van der Waals surface area contributed by atoms with Crippen molar-refractivity contribution in [1.82, 2.24) is 4.98 Å². The molecule has 1 aromatic heterocycles. The quantitative estimate of drug-likeness (QED) is 0.430. The van der Waals surface area contributed by atoms with E-state index in [0.29, 0.717) is 23.4 Å². The summed E-state index contributed by atoms with van der Waals surface area (Å²) in [5.74, 6) is 1.66. The molecule has 3 rings (SSSR count). The van der Waals surface area contributed by atoms with Crippen LogP contribution in [0.1, 0.15) is 81.9 Å². The highest BCUT2D eigenvalue weighted by Gasteiger charge is 2.20. The van der Waals surface area contributed by atoms with Crippen LogP contribution in [0.15, 0.2) is 53.7 Å². The van der Waals surface area contributed by atoms with Crippen LogP contribution in [0.4, 0.5) is 11.4 Å². The number of rotatable bonds is 9. The molecule has 4 heteroatoms. The molecule has 1 heterocycles. The van der Waals surface area contributed by atoms with Gasteiger partial charge >= 0.3 is 0 Å². The van der Waals surface area contributed by atoms with Gasteiger partial charge in [-0.3, -0.25) is 9.78 Å². The SMILES string of the molecule is CC(C)CCN(CCC(C)C)c1ccc(N=C2C=CC(=O)c3ncc(C(C)C)cc32)cc1. The molecular weight excluding hydrogens is 394 g/mol. The number of anilines is 1. The number of nitrogens with zero attached hydrogens (tertiary/aromatic N) is 3.